The topological polar surface area (TPSA) is 105 Å². The maximum absolute atomic E-state index is 14.2. The number of anilines is 2. The molecule has 16 heteroatoms. The Balaban J connectivity index is 1.65. The molecule has 0 unspecified atom stereocenters. The predicted octanol–water partition coefficient (Wildman–Crippen LogP) is 4.05. The molecule has 0 spiro atoms. The molecule has 37 heavy (non-hydrogen) atoms. The molecule has 1 atom stereocenters. The summed E-state index contributed by atoms with van der Waals surface area (Å²) >= 11 is 5.86. The molecule has 0 bridgehead atoms. The number of urea groups is 1. The summed E-state index contributed by atoms with van der Waals surface area (Å²) in [4.78, 5) is 34.5. The number of fused-ring (bicyclic) bond motifs is 3. The van der Waals surface area contributed by atoms with Gasteiger partial charge in [0, 0.05) is 26.7 Å². The molecule has 0 radical (unpaired) electrons. The number of hydrogen-bond acceptors (Lipinski definition) is 6. The van der Waals surface area contributed by atoms with E-state index in [9.17, 15) is 31.5 Å². The molecule has 1 N–H and O–H groups in total. The van der Waals surface area contributed by atoms with E-state index >= 15 is 0 Å². The standard InChI is InChI=1S/C21H19ClF5N7O3/c1-20(21(25,26)27)9-33(12-7-28-14-5-13(22)31-34(14)16(12)20)19(36)30-10-4-11(17(23)24)18(29-6-10)37-8-15(35)32(2)3/h4-7,17H,8-9H2,1-3H3,(H,30,36)/t20-/m1/s1. The van der Waals surface area contributed by atoms with Crippen molar-refractivity contribution in [2.45, 2.75) is 24.9 Å². The minimum absolute atomic E-state index is 0.0515. The van der Waals surface area contributed by atoms with Crippen LogP contribution in [0.15, 0.2) is 24.5 Å². The molecule has 0 fully saturated rings. The van der Waals surface area contributed by atoms with Gasteiger partial charge in [-0.2, -0.15) is 18.3 Å². The Morgan fingerprint density at radius 1 is 1.24 bits per heavy atom. The summed E-state index contributed by atoms with van der Waals surface area (Å²) in [5.41, 5.74) is -3.98. The van der Waals surface area contributed by atoms with E-state index in [0.29, 0.717) is 0 Å². The second-order valence-electron chi connectivity index (χ2n) is 8.57. The highest BCUT2D eigenvalue weighted by Crippen LogP contribution is 2.50. The lowest BCUT2D eigenvalue weighted by atomic mass is 9.88. The second-order valence-corrected chi connectivity index (χ2v) is 8.96. The van der Waals surface area contributed by atoms with Crippen LogP contribution in [-0.4, -0.2) is 69.8 Å². The third-order valence-corrected chi connectivity index (χ3v) is 5.97. The van der Waals surface area contributed by atoms with Crippen LogP contribution in [0.1, 0.15) is 24.6 Å². The fourth-order valence-electron chi connectivity index (χ4n) is 3.76. The van der Waals surface area contributed by atoms with Crippen molar-refractivity contribution in [1.29, 1.82) is 0 Å². The Hall–Kier alpha value is -3.75. The Labute approximate surface area is 211 Å². The first-order valence-electron chi connectivity index (χ1n) is 10.5. The van der Waals surface area contributed by atoms with Crippen molar-refractivity contribution in [3.63, 3.8) is 0 Å². The van der Waals surface area contributed by atoms with Gasteiger partial charge in [0.1, 0.15) is 5.41 Å². The molecule has 198 valence electrons. The SMILES string of the molecule is CN(C)C(=O)COc1ncc(NC(=O)N2C[C@@](C)(C(F)(F)F)c3c2cnc2cc(Cl)nn32)cc1C(F)F. The first-order chi connectivity index (χ1) is 17.2. The van der Waals surface area contributed by atoms with Gasteiger partial charge in [-0.15, -0.1) is 0 Å². The highest BCUT2D eigenvalue weighted by atomic mass is 35.5. The minimum Gasteiger partial charge on any atom is -0.467 e. The maximum Gasteiger partial charge on any atom is 0.401 e. The van der Waals surface area contributed by atoms with Crippen molar-refractivity contribution in [2.24, 2.45) is 0 Å². The van der Waals surface area contributed by atoms with Crippen LogP contribution in [-0.2, 0) is 10.2 Å². The van der Waals surface area contributed by atoms with Gasteiger partial charge < -0.3 is 15.0 Å². The summed E-state index contributed by atoms with van der Waals surface area (Å²) < 4.78 is 75.8. The van der Waals surface area contributed by atoms with Crippen LogP contribution in [0.5, 0.6) is 5.88 Å². The summed E-state index contributed by atoms with van der Waals surface area (Å²) in [6.07, 6.45) is -5.82. The summed E-state index contributed by atoms with van der Waals surface area (Å²) in [6, 6.07) is 1.08. The van der Waals surface area contributed by atoms with Gasteiger partial charge in [-0.1, -0.05) is 11.6 Å². The summed E-state index contributed by atoms with van der Waals surface area (Å²) in [7, 11) is 2.90. The molecule has 10 nitrogen and oxygen atoms in total. The molecular formula is C21H19ClF5N7O3. The van der Waals surface area contributed by atoms with Gasteiger partial charge in [-0.05, 0) is 13.0 Å². The van der Waals surface area contributed by atoms with Gasteiger partial charge in [-0.25, -0.2) is 28.1 Å². The van der Waals surface area contributed by atoms with Crippen LogP contribution in [0.4, 0.5) is 38.1 Å². The number of hydrogen-bond donors (Lipinski definition) is 1. The lowest BCUT2D eigenvalue weighted by molar-refractivity contribution is -0.181. The molecule has 3 aromatic heterocycles. The highest BCUT2D eigenvalue weighted by molar-refractivity contribution is 6.29. The number of ether oxygens (including phenoxy) is 1. The largest absolute Gasteiger partial charge is 0.467 e. The fraction of sp³-hybridized carbons (Fsp3) is 0.381. The molecule has 0 aromatic carbocycles. The number of aromatic nitrogens is 4. The maximum atomic E-state index is 14.2. The number of likely N-dealkylation sites (N-methyl/N-ethyl adjacent to an activating group) is 1. The van der Waals surface area contributed by atoms with Crippen LogP contribution in [0, 0.1) is 0 Å². The van der Waals surface area contributed by atoms with Crippen LogP contribution < -0.4 is 15.0 Å². The normalized spacial score (nSPS) is 17.3. The zero-order chi connectivity index (χ0) is 27.3. The van der Waals surface area contributed by atoms with Gasteiger partial charge in [0.25, 0.3) is 12.3 Å². The molecule has 0 aliphatic carbocycles. The zero-order valence-electron chi connectivity index (χ0n) is 19.5. The van der Waals surface area contributed by atoms with E-state index in [0.717, 1.165) is 34.8 Å². The van der Waals surface area contributed by atoms with Crippen molar-refractivity contribution in [3.05, 3.63) is 40.9 Å². The number of nitrogens with one attached hydrogen (secondary N) is 1. The predicted molar refractivity (Wildman–Crippen MR) is 121 cm³/mol. The minimum atomic E-state index is -4.79. The van der Waals surface area contributed by atoms with E-state index in [2.05, 4.69) is 20.4 Å². The first kappa shape index (κ1) is 26.3. The van der Waals surface area contributed by atoms with E-state index in [1.807, 2.05) is 0 Å². The van der Waals surface area contributed by atoms with E-state index in [4.69, 9.17) is 16.3 Å². The van der Waals surface area contributed by atoms with Crippen molar-refractivity contribution in [3.8, 4) is 5.88 Å². The lowest BCUT2D eigenvalue weighted by Crippen LogP contribution is -2.46. The van der Waals surface area contributed by atoms with Gasteiger partial charge in [0.2, 0.25) is 5.88 Å². The third kappa shape index (κ3) is 4.70. The van der Waals surface area contributed by atoms with Crippen LogP contribution >= 0.6 is 11.6 Å². The quantitative estimate of drug-likeness (QED) is 0.483. The Kier molecular flexibility index (Phi) is 6.60. The van der Waals surface area contributed by atoms with Crippen molar-refractivity contribution >= 4 is 40.6 Å². The Bertz CT molecular complexity index is 1380. The Morgan fingerprint density at radius 3 is 2.57 bits per heavy atom. The monoisotopic (exact) mass is 547 g/mol. The van der Waals surface area contributed by atoms with Gasteiger partial charge in [0.15, 0.2) is 17.4 Å². The number of amides is 3. The number of rotatable bonds is 5. The smallest absolute Gasteiger partial charge is 0.401 e. The van der Waals surface area contributed by atoms with Crippen molar-refractivity contribution in [1.82, 2.24) is 24.5 Å². The molecule has 0 saturated heterocycles. The van der Waals surface area contributed by atoms with E-state index in [1.165, 1.54) is 25.1 Å². The summed E-state index contributed by atoms with van der Waals surface area (Å²) in [5, 5.41) is 6.07. The first-order valence-corrected chi connectivity index (χ1v) is 10.9. The number of nitrogens with zero attached hydrogens (tertiary/aromatic N) is 6. The lowest BCUT2D eigenvalue weighted by Gasteiger charge is -2.28. The van der Waals surface area contributed by atoms with Crippen molar-refractivity contribution in [2.75, 3.05) is 37.5 Å². The third-order valence-electron chi connectivity index (χ3n) is 5.79. The average molecular weight is 548 g/mol. The average Bonchev–Trinajstić information content (AvgIpc) is 3.34. The van der Waals surface area contributed by atoms with E-state index < -0.39 is 54.6 Å². The number of carbonyl (C=O) groups is 2. The van der Waals surface area contributed by atoms with Crippen LogP contribution in [0.25, 0.3) is 5.65 Å². The molecule has 3 aromatic rings. The molecule has 0 saturated carbocycles. The molecule has 1 aliphatic heterocycles. The van der Waals surface area contributed by atoms with Gasteiger partial charge in [-0.3, -0.25) is 9.69 Å². The number of pyridine rings is 1. The molecule has 4 rings (SSSR count). The zero-order valence-corrected chi connectivity index (χ0v) is 20.2. The molecule has 1 aliphatic rings. The Morgan fingerprint density at radius 2 is 1.95 bits per heavy atom. The fourth-order valence-corrected chi connectivity index (χ4v) is 3.93. The second kappa shape index (κ2) is 9.28. The molecule has 3 amide bonds. The highest BCUT2D eigenvalue weighted by Gasteiger charge is 2.60. The van der Waals surface area contributed by atoms with Gasteiger partial charge in [0.05, 0.1) is 35.0 Å². The number of alkyl halides is 5. The summed E-state index contributed by atoms with van der Waals surface area (Å²) in [5.74, 6) is -1.03. The molecular weight excluding hydrogens is 529 g/mol. The summed E-state index contributed by atoms with van der Waals surface area (Å²) in [6.45, 7) is -0.477. The van der Waals surface area contributed by atoms with Gasteiger partial charge >= 0.3 is 12.2 Å². The van der Waals surface area contributed by atoms with Crippen LogP contribution in [0.3, 0.4) is 0 Å². The van der Waals surface area contributed by atoms with Crippen molar-refractivity contribution < 1.29 is 36.3 Å². The van der Waals surface area contributed by atoms with E-state index in [-0.39, 0.29) is 27.9 Å². The number of carbonyl (C=O) groups excluding carboxylic acids is 2. The van der Waals surface area contributed by atoms with Crippen LogP contribution in [0.2, 0.25) is 5.15 Å². The molecule has 4 heterocycles. The van der Waals surface area contributed by atoms with E-state index in [1.54, 1.807) is 0 Å². The number of halogens is 6.